The van der Waals surface area contributed by atoms with Gasteiger partial charge in [0.25, 0.3) is 5.69 Å². The summed E-state index contributed by atoms with van der Waals surface area (Å²) in [7, 11) is 0. The second-order valence-corrected chi connectivity index (χ2v) is 6.12. The van der Waals surface area contributed by atoms with E-state index >= 15 is 0 Å². The highest BCUT2D eigenvalue weighted by Crippen LogP contribution is 2.29. The van der Waals surface area contributed by atoms with Gasteiger partial charge in [0.05, 0.1) is 16.3 Å². The lowest BCUT2D eigenvalue weighted by Crippen LogP contribution is -2.18. The maximum Gasteiger partial charge on any atom is 0.269 e. The number of non-ortho nitro benzene ring substituents is 1. The van der Waals surface area contributed by atoms with Crippen molar-refractivity contribution in [2.24, 2.45) is 4.99 Å². The number of nitrogens with one attached hydrogen (secondary N) is 1. The highest BCUT2D eigenvalue weighted by molar-refractivity contribution is 7.98. The molecule has 0 atom stereocenters. The molecule has 7 heteroatoms. The van der Waals surface area contributed by atoms with E-state index in [9.17, 15) is 14.5 Å². The van der Waals surface area contributed by atoms with Crippen LogP contribution in [0.3, 0.4) is 0 Å². The Hall–Kier alpha value is -2.93. The van der Waals surface area contributed by atoms with Crippen molar-refractivity contribution in [1.82, 2.24) is 5.32 Å². The van der Waals surface area contributed by atoms with Crippen molar-refractivity contribution in [3.8, 4) is 0 Å². The Bertz CT molecular complexity index is 920. The van der Waals surface area contributed by atoms with Crippen LogP contribution in [0.15, 0.2) is 70.8 Å². The average Bonchev–Trinajstić information content (AvgIpc) is 2.61. The van der Waals surface area contributed by atoms with Crippen LogP contribution >= 0.6 is 11.8 Å². The summed E-state index contributed by atoms with van der Waals surface area (Å²) in [6.07, 6.45) is 3.70. The van der Waals surface area contributed by atoms with Gasteiger partial charge in [0.2, 0.25) is 0 Å². The number of aliphatic imine (C=N–C) groups is 1. The van der Waals surface area contributed by atoms with Crippen LogP contribution in [0, 0.1) is 15.9 Å². The zero-order valence-electron chi connectivity index (χ0n) is 13.3. The zero-order valence-corrected chi connectivity index (χ0v) is 14.1. The van der Waals surface area contributed by atoms with E-state index in [1.165, 1.54) is 36.0 Å². The van der Waals surface area contributed by atoms with Crippen LogP contribution in [0.1, 0.15) is 11.1 Å². The zero-order chi connectivity index (χ0) is 18.0. The molecular formula is C18H14FN3O2S. The van der Waals surface area contributed by atoms with Crippen molar-refractivity contribution >= 4 is 28.9 Å². The van der Waals surface area contributed by atoms with Gasteiger partial charge in [0.1, 0.15) is 11.6 Å². The Morgan fingerprint density at radius 3 is 2.60 bits per heavy atom. The molecule has 1 aliphatic rings. The van der Waals surface area contributed by atoms with Crippen LogP contribution in [-0.2, 0) is 0 Å². The summed E-state index contributed by atoms with van der Waals surface area (Å²) in [6, 6.07) is 10.7. The fraction of sp³-hybridized carbons (Fsp3) is 0.0556. The minimum atomic E-state index is -0.453. The van der Waals surface area contributed by atoms with Gasteiger partial charge in [-0.25, -0.2) is 9.38 Å². The van der Waals surface area contributed by atoms with Gasteiger partial charge < -0.3 is 5.32 Å². The molecule has 0 radical (unpaired) electrons. The van der Waals surface area contributed by atoms with E-state index in [0.29, 0.717) is 28.4 Å². The van der Waals surface area contributed by atoms with E-state index in [0.717, 1.165) is 4.90 Å². The number of hydrogen-bond donors (Lipinski definition) is 1. The summed E-state index contributed by atoms with van der Waals surface area (Å²) in [6.45, 7) is 3.84. The third-order valence-electron chi connectivity index (χ3n) is 3.64. The molecule has 25 heavy (non-hydrogen) atoms. The fourth-order valence-corrected chi connectivity index (χ4v) is 3.06. The summed E-state index contributed by atoms with van der Waals surface area (Å²) in [5, 5.41) is 13.8. The maximum absolute atomic E-state index is 13.7. The van der Waals surface area contributed by atoms with Crippen LogP contribution in [0.5, 0.6) is 0 Å². The van der Waals surface area contributed by atoms with Gasteiger partial charge in [-0.1, -0.05) is 6.58 Å². The van der Waals surface area contributed by atoms with E-state index in [-0.39, 0.29) is 11.5 Å². The van der Waals surface area contributed by atoms with E-state index in [2.05, 4.69) is 16.9 Å². The van der Waals surface area contributed by atoms with Crippen molar-refractivity contribution in [2.45, 2.75) is 4.90 Å². The minimum Gasteiger partial charge on any atom is -0.340 e. The molecule has 1 N–H and O–H groups in total. The highest BCUT2D eigenvalue weighted by atomic mass is 32.2. The van der Waals surface area contributed by atoms with Crippen LogP contribution in [0.4, 0.5) is 10.1 Å². The molecule has 0 amide bonds. The summed E-state index contributed by atoms with van der Waals surface area (Å²) in [4.78, 5) is 15.6. The van der Waals surface area contributed by atoms with Gasteiger partial charge in [-0.3, -0.25) is 10.1 Å². The van der Waals surface area contributed by atoms with E-state index in [1.807, 2.05) is 6.26 Å². The second kappa shape index (κ2) is 6.90. The number of rotatable bonds is 4. The molecule has 0 aromatic heterocycles. The predicted molar refractivity (Wildman–Crippen MR) is 98.1 cm³/mol. The molecule has 5 nitrogen and oxygen atoms in total. The lowest BCUT2D eigenvalue weighted by atomic mass is 10.0. The highest BCUT2D eigenvalue weighted by Gasteiger charge is 2.16. The predicted octanol–water partition coefficient (Wildman–Crippen LogP) is 4.36. The number of halogens is 1. The van der Waals surface area contributed by atoms with Crippen LogP contribution in [-0.4, -0.2) is 16.9 Å². The molecule has 0 aliphatic carbocycles. The molecule has 0 unspecified atom stereocenters. The minimum absolute atomic E-state index is 0.0103. The van der Waals surface area contributed by atoms with Crippen molar-refractivity contribution in [3.63, 3.8) is 0 Å². The Morgan fingerprint density at radius 2 is 1.96 bits per heavy atom. The first kappa shape index (κ1) is 16.9. The van der Waals surface area contributed by atoms with Crippen molar-refractivity contribution in [3.05, 3.63) is 88.0 Å². The van der Waals surface area contributed by atoms with Gasteiger partial charge in [-0.05, 0) is 42.7 Å². The van der Waals surface area contributed by atoms with E-state index in [4.69, 9.17) is 0 Å². The molecule has 0 saturated carbocycles. The first-order valence-corrected chi connectivity index (χ1v) is 8.55. The fourth-order valence-electron chi connectivity index (χ4n) is 2.47. The third-order valence-corrected chi connectivity index (χ3v) is 4.44. The number of hydrogen-bond acceptors (Lipinski definition) is 5. The first-order valence-electron chi connectivity index (χ1n) is 7.33. The Morgan fingerprint density at radius 1 is 1.24 bits per heavy atom. The lowest BCUT2D eigenvalue weighted by molar-refractivity contribution is -0.384. The lowest BCUT2D eigenvalue weighted by Gasteiger charge is -2.19. The Labute approximate surface area is 148 Å². The molecule has 0 fully saturated rings. The smallest absolute Gasteiger partial charge is 0.269 e. The summed E-state index contributed by atoms with van der Waals surface area (Å²) in [5.74, 6) is 0.0858. The topological polar surface area (TPSA) is 67.5 Å². The van der Waals surface area contributed by atoms with Gasteiger partial charge >= 0.3 is 0 Å². The van der Waals surface area contributed by atoms with E-state index < -0.39 is 4.92 Å². The first-order chi connectivity index (χ1) is 12.0. The molecule has 2 aromatic carbocycles. The molecule has 126 valence electrons. The number of allylic oxidation sites excluding steroid dienone is 1. The van der Waals surface area contributed by atoms with Gasteiger partial charge in [0.15, 0.2) is 0 Å². The Balaban J connectivity index is 2.03. The summed E-state index contributed by atoms with van der Waals surface area (Å²) in [5.41, 5.74) is 2.72. The second-order valence-electron chi connectivity index (χ2n) is 5.28. The van der Waals surface area contributed by atoms with Crippen molar-refractivity contribution < 1.29 is 9.31 Å². The molecule has 0 bridgehead atoms. The maximum atomic E-state index is 13.7. The molecule has 1 aliphatic heterocycles. The molecule has 0 spiro atoms. The SMILES string of the molecule is C=C1N=C(c2ccc([N+](=O)[O-])cc2)C=C(c2cc(F)ccc2SC)N1. The largest absolute Gasteiger partial charge is 0.340 e. The normalized spacial score (nSPS) is 13.8. The molecule has 3 rings (SSSR count). The number of nitrogens with zero attached hydrogens (tertiary/aromatic N) is 2. The van der Waals surface area contributed by atoms with Gasteiger partial charge in [-0.15, -0.1) is 11.8 Å². The number of nitro groups is 1. The Kier molecular flexibility index (Phi) is 4.67. The standard InChI is InChI=1S/C18H14FN3O2S/c1-11-20-16(12-3-6-14(7-4-12)22(23)24)10-17(21-11)15-9-13(19)5-8-18(15)25-2/h3-10,21H,1H2,2H3. The quantitative estimate of drug-likeness (QED) is 0.503. The number of thioether (sulfide) groups is 1. The van der Waals surface area contributed by atoms with Crippen LogP contribution in [0.25, 0.3) is 5.70 Å². The van der Waals surface area contributed by atoms with Crippen molar-refractivity contribution in [2.75, 3.05) is 6.26 Å². The molecule has 2 aromatic rings. The van der Waals surface area contributed by atoms with E-state index in [1.54, 1.807) is 24.3 Å². The van der Waals surface area contributed by atoms with Gasteiger partial charge in [0, 0.05) is 28.2 Å². The average molecular weight is 355 g/mol. The summed E-state index contributed by atoms with van der Waals surface area (Å²) >= 11 is 1.51. The third kappa shape index (κ3) is 3.61. The van der Waals surface area contributed by atoms with Crippen LogP contribution in [0.2, 0.25) is 0 Å². The molecule has 1 heterocycles. The summed E-state index contributed by atoms with van der Waals surface area (Å²) < 4.78 is 13.7. The van der Waals surface area contributed by atoms with Gasteiger partial charge in [-0.2, -0.15) is 0 Å². The number of nitro benzene ring substituents is 1. The molecular weight excluding hydrogens is 341 g/mol. The van der Waals surface area contributed by atoms with Crippen molar-refractivity contribution in [1.29, 1.82) is 0 Å². The monoisotopic (exact) mass is 355 g/mol. The molecule has 0 saturated heterocycles. The van der Waals surface area contributed by atoms with Crippen LogP contribution < -0.4 is 5.32 Å². The number of benzene rings is 2.